The Kier molecular flexibility index (Phi) is 5.57. The Labute approximate surface area is 115 Å². The van der Waals surface area contributed by atoms with Crippen LogP contribution in [-0.2, 0) is 7.05 Å². The van der Waals surface area contributed by atoms with E-state index in [9.17, 15) is 0 Å². The Bertz CT molecular complexity index is 351. The average molecular weight is 267 g/mol. The number of hydrogen-bond donors (Lipinski definition) is 1. The van der Waals surface area contributed by atoms with Crippen molar-refractivity contribution >= 4 is 11.8 Å². The van der Waals surface area contributed by atoms with Crippen LogP contribution in [0.25, 0.3) is 0 Å². The van der Waals surface area contributed by atoms with Crippen molar-refractivity contribution < 1.29 is 0 Å². The molecule has 0 radical (unpaired) electrons. The van der Waals surface area contributed by atoms with Crippen molar-refractivity contribution in [2.75, 3.05) is 12.3 Å². The Morgan fingerprint density at radius 2 is 2.39 bits per heavy atom. The molecule has 102 valence electrons. The standard InChI is InChI=1S/C14H25N3S/c1-3-8-15-14-6-4-5-12(14)7-9-18-13-10-16-17(2)11-13/h10-12,14-15H,3-9H2,1-2H3. The third kappa shape index (κ3) is 4.02. The summed E-state index contributed by atoms with van der Waals surface area (Å²) >= 11 is 1.94. The lowest BCUT2D eigenvalue weighted by Gasteiger charge is -2.20. The molecule has 2 atom stereocenters. The monoisotopic (exact) mass is 267 g/mol. The highest BCUT2D eigenvalue weighted by Crippen LogP contribution is 2.30. The van der Waals surface area contributed by atoms with Gasteiger partial charge in [-0.25, -0.2) is 0 Å². The van der Waals surface area contributed by atoms with Crippen LogP contribution in [0, 0.1) is 5.92 Å². The van der Waals surface area contributed by atoms with Crippen LogP contribution in [-0.4, -0.2) is 28.1 Å². The Morgan fingerprint density at radius 1 is 1.50 bits per heavy atom. The van der Waals surface area contributed by atoms with Crippen LogP contribution >= 0.6 is 11.8 Å². The highest BCUT2D eigenvalue weighted by molar-refractivity contribution is 7.99. The Hall–Kier alpha value is -0.480. The van der Waals surface area contributed by atoms with E-state index < -0.39 is 0 Å². The highest BCUT2D eigenvalue weighted by Gasteiger charge is 2.25. The number of hydrogen-bond acceptors (Lipinski definition) is 3. The third-order valence-corrected chi connectivity index (χ3v) is 4.74. The second-order valence-electron chi connectivity index (χ2n) is 5.24. The van der Waals surface area contributed by atoms with Crippen molar-refractivity contribution in [1.82, 2.24) is 15.1 Å². The molecule has 18 heavy (non-hydrogen) atoms. The van der Waals surface area contributed by atoms with Gasteiger partial charge in [-0.3, -0.25) is 4.68 Å². The van der Waals surface area contributed by atoms with Crippen LogP contribution in [0.1, 0.15) is 39.0 Å². The molecule has 0 aliphatic heterocycles. The van der Waals surface area contributed by atoms with Crippen molar-refractivity contribution in [3.63, 3.8) is 0 Å². The van der Waals surface area contributed by atoms with Crippen molar-refractivity contribution in [3.05, 3.63) is 12.4 Å². The molecule has 4 heteroatoms. The number of aromatic nitrogens is 2. The van der Waals surface area contributed by atoms with E-state index in [0.717, 1.165) is 12.0 Å². The molecule has 0 spiro atoms. The van der Waals surface area contributed by atoms with Gasteiger partial charge in [0.1, 0.15) is 0 Å². The van der Waals surface area contributed by atoms with Crippen LogP contribution < -0.4 is 5.32 Å². The molecule has 1 aliphatic carbocycles. The summed E-state index contributed by atoms with van der Waals surface area (Å²) in [7, 11) is 1.98. The number of aryl methyl sites for hydroxylation is 1. The summed E-state index contributed by atoms with van der Waals surface area (Å²) in [6, 6.07) is 0.777. The summed E-state index contributed by atoms with van der Waals surface area (Å²) in [6.45, 7) is 3.42. The lowest BCUT2D eigenvalue weighted by atomic mass is 10.0. The van der Waals surface area contributed by atoms with E-state index in [0.29, 0.717) is 0 Å². The lowest BCUT2D eigenvalue weighted by molar-refractivity contribution is 0.393. The Morgan fingerprint density at radius 3 is 3.11 bits per heavy atom. The van der Waals surface area contributed by atoms with Crippen LogP contribution in [0.5, 0.6) is 0 Å². The van der Waals surface area contributed by atoms with Crippen molar-refractivity contribution in [2.45, 2.75) is 50.0 Å². The summed E-state index contributed by atoms with van der Waals surface area (Å²) in [4.78, 5) is 1.30. The van der Waals surface area contributed by atoms with Crippen molar-refractivity contribution in [3.8, 4) is 0 Å². The van der Waals surface area contributed by atoms with E-state index in [1.807, 2.05) is 29.7 Å². The quantitative estimate of drug-likeness (QED) is 0.770. The second-order valence-corrected chi connectivity index (χ2v) is 6.41. The van der Waals surface area contributed by atoms with E-state index in [-0.39, 0.29) is 0 Å². The first-order valence-electron chi connectivity index (χ1n) is 7.14. The summed E-state index contributed by atoms with van der Waals surface area (Å²) in [6.07, 6.45) is 10.8. The minimum atomic E-state index is 0.777. The molecule has 2 unspecified atom stereocenters. The molecule has 1 aromatic heterocycles. The fourth-order valence-corrected chi connectivity index (χ4v) is 3.79. The molecule has 0 amide bonds. The molecule has 1 N–H and O–H groups in total. The summed E-state index contributed by atoms with van der Waals surface area (Å²) in [5, 5.41) is 7.91. The van der Waals surface area contributed by atoms with Gasteiger partial charge in [0.25, 0.3) is 0 Å². The molecular formula is C14H25N3S. The van der Waals surface area contributed by atoms with Crippen LogP contribution in [0.4, 0.5) is 0 Å². The van der Waals surface area contributed by atoms with Crippen LogP contribution in [0.15, 0.2) is 17.3 Å². The largest absolute Gasteiger partial charge is 0.314 e. The SMILES string of the molecule is CCCNC1CCCC1CCSc1cnn(C)c1. The smallest absolute Gasteiger partial charge is 0.0625 e. The molecule has 1 fully saturated rings. The molecule has 1 saturated carbocycles. The first-order valence-corrected chi connectivity index (χ1v) is 8.13. The van der Waals surface area contributed by atoms with Gasteiger partial charge in [0, 0.05) is 24.2 Å². The number of rotatable bonds is 7. The van der Waals surface area contributed by atoms with E-state index in [2.05, 4.69) is 23.5 Å². The van der Waals surface area contributed by atoms with E-state index in [4.69, 9.17) is 0 Å². The highest BCUT2D eigenvalue weighted by atomic mass is 32.2. The molecule has 1 aliphatic rings. The molecular weight excluding hydrogens is 242 g/mol. The van der Waals surface area contributed by atoms with Gasteiger partial charge in [-0.05, 0) is 43.9 Å². The van der Waals surface area contributed by atoms with E-state index in [1.54, 1.807) is 0 Å². The van der Waals surface area contributed by atoms with E-state index >= 15 is 0 Å². The third-order valence-electron chi connectivity index (χ3n) is 3.75. The van der Waals surface area contributed by atoms with Gasteiger partial charge in [0.05, 0.1) is 6.20 Å². The zero-order chi connectivity index (χ0) is 12.8. The molecule has 0 bridgehead atoms. The van der Waals surface area contributed by atoms with Gasteiger partial charge >= 0.3 is 0 Å². The minimum absolute atomic E-state index is 0.777. The van der Waals surface area contributed by atoms with Gasteiger partial charge in [-0.1, -0.05) is 13.3 Å². The fraction of sp³-hybridized carbons (Fsp3) is 0.786. The molecule has 3 nitrogen and oxygen atoms in total. The van der Waals surface area contributed by atoms with Crippen LogP contribution in [0.2, 0.25) is 0 Å². The van der Waals surface area contributed by atoms with Gasteiger partial charge in [-0.15, -0.1) is 11.8 Å². The van der Waals surface area contributed by atoms with E-state index in [1.165, 1.54) is 49.3 Å². The molecule has 0 saturated heterocycles. The van der Waals surface area contributed by atoms with Gasteiger partial charge in [-0.2, -0.15) is 5.10 Å². The predicted octanol–water partition coefficient (Wildman–Crippen LogP) is 3.07. The zero-order valence-electron chi connectivity index (χ0n) is 11.6. The number of thioether (sulfide) groups is 1. The van der Waals surface area contributed by atoms with Crippen molar-refractivity contribution in [2.24, 2.45) is 13.0 Å². The minimum Gasteiger partial charge on any atom is -0.314 e. The van der Waals surface area contributed by atoms with Crippen molar-refractivity contribution in [1.29, 1.82) is 0 Å². The normalized spacial score (nSPS) is 23.7. The maximum Gasteiger partial charge on any atom is 0.0625 e. The number of nitrogens with zero attached hydrogens (tertiary/aromatic N) is 2. The topological polar surface area (TPSA) is 29.9 Å². The first kappa shape index (κ1) is 13.9. The van der Waals surface area contributed by atoms with Gasteiger partial charge in [0.2, 0.25) is 0 Å². The molecule has 2 rings (SSSR count). The summed E-state index contributed by atoms with van der Waals surface area (Å²) in [5.41, 5.74) is 0. The van der Waals surface area contributed by atoms with Gasteiger partial charge < -0.3 is 5.32 Å². The lowest BCUT2D eigenvalue weighted by Crippen LogP contribution is -2.33. The molecule has 1 heterocycles. The molecule has 0 aromatic carbocycles. The van der Waals surface area contributed by atoms with Crippen LogP contribution in [0.3, 0.4) is 0 Å². The average Bonchev–Trinajstić information content (AvgIpc) is 2.96. The predicted molar refractivity (Wildman–Crippen MR) is 78.0 cm³/mol. The Balaban J connectivity index is 1.69. The second kappa shape index (κ2) is 7.19. The maximum absolute atomic E-state index is 4.21. The molecule has 1 aromatic rings. The first-order chi connectivity index (χ1) is 8.79. The van der Waals surface area contributed by atoms with Gasteiger partial charge in [0.15, 0.2) is 0 Å². The maximum atomic E-state index is 4.21. The number of nitrogens with one attached hydrogen (secondary N) is 1. The zero-order valence-corrected chi connectivity index (χ0v) is 12.4. The summed E-state index contributed by atoms with van der Waals surface area (Å²) in [5.74, 6) is 2.11. The fourth-order valence-electron chi connectivity index (χ4n) is 2.78. The summed E-state index contributed by atoms with van der Waals surface area (Å²) < 4.78 is 1.88.